The number of nitrogens with one attached hydrogen (secondary N) is 1. The van der Waals surface area contributed by atoms with Gasteiger partial charge in [0.05, 0.1) is 12.7 Å². The molecule has 0 atom stereocenters. The van der Waals surface area contributed by atoms with Crippen LogP contribution in [0.5, 0.6) is 0 Å². The van der Waals surface area contributed by atoms with Gasteiger partial charge in [0.2, 0.25) is 0 Å². The Labute approximate surface area is 73.6 Å². The molecule has 0 aromatic carbocycles. The number of ketones is 1. The minimum absolute atomic E-state index is 0.190. The maximum Gasteiger partial charge on any atom is 0.454 e. The summed E-state index contributed by atoms with van der Waals surface area (Å²) in [6.07, 6.45) is -4.47. The van der Waals surface area contributed by atoms with E-state index in [0.29, 0.717) is 6.08 Å². The van der Waals surface area contributed by atoms with Crippen LogP contribution in [-0.2, 0) is 9.53 Å². The van der Waals surface area contributed by atoms with Gasteiger partial charge >= 0.3 is 6.18 Å². The first-order chi connectivity index (χ1) is 5.91. The zero-order valence-electron chi connectivity index (χ0n) is 7.23. The van der Waals surface area contributed by atoms with Crippen molar-refractivity contribution >= 4 is 5.78 Å². The van der Waals surface area contributed by atoms with Gasteiger partial charge in [-0.15, -0.1) is 0 Å². The van der Waals surface area contributed by atoms with E-state index in [-0.39, 0.29) is 12.5 Å². The molecule has 0 saturated carbocycles. The van der Waals surface area contributed by atoms with Gasteiger partial charge in [-0.2, -0.15) is 13.2 Å². The molecule has 0 aromatic heterocycles. The van der Waals surface area contributed by atoms with E-state index in [1.165, 1.54) is 7.05 Å². The molecule has 3 nitrogen and oxygen atoms in total. The second kappa shape index (κ2) is 4.74. The molecular formula is C7H10F3NO2. The largest absolute Gasteiger partial charge is 0.479 e. The summed E-state index contributed by atoms with van der Waals surface area (Å²) < 4.78 is 39.8. The zero-order chi connectivity index (χ0) is 10.5. The standard InChI is InChI=1S/C7H10F3NO2/c1-3-13-6(11-2)4-5(12)7(8,9)10/h4,11H,3H2,1-2H3. The molecule has 13 heavy (non-hydrogen) atoms. The fourth-order valence-electron chi connectivity index (χ4n) is 0.542. The molecule has 0 heterocycles. The van der Waals surface area contributed by atoms with Gasteiger partial charge in [-0.25, -0.2) is 0 Å². The van der Waals surface area contributed by atoms with Crippen LogP contribution >= 0.6 is 0 Å². The maximum atomic E-state index is 11.7. The lowest BCUT2D eigenvalue weighted by molar-refractivity contribution is -0.165. The quantitative estimate of drug-likeness (QED) is 0.544. The molecule has 76 valence electrons. The summed E-state index contributed by atoms with van der Waals surface area (Å²) in [6.45, 7) is 1.79. The predicted molar refractivity (Wildman–Crippen MR) is 39.8 cm³/mol. The Morgan fingerprint density at radius 2 is 2.08 bits per heavy atom. The normalized spacial score (nSPS) is 12.5. The minimum atomic E-state index is -4.85. The minimum Gasteiger partial charge on any atom is -0.479 e. The van der Waals surface area contributed by atoms with Crippen molar-refractivity contribution < 1.29 is 22.7 Å². The van der Waals surface area contributed by atoms with Crippen molar-refractivity contribution in [2.75, 3.05) is 13.7 Å². The van der Waals surface area contributed by atoms with Crippen molar-refractivity contribution in [3.8, 4) is 0 Å². The fourth-order valence-corrected chi connectivity index (χ4v) is 0.542. The van der Waals surface area contributed by atoms with Crippen LogP contribution in [0.2, 0.25) is 0 Å². The van der Waals surface area contributed by atoms with Gasteiger partial charge in [0.1, 0.15) is 0 Å². The van der Waals surface area contributed by atoms with Crippen molar-refractivity contribution in [1.29, 1.82) is 0 Å². The van der Waals surface area contributed by atoms with Crippen LogP contribution < -0.4 is 5.32 Å². The van der Waals surface area contributed by atoms with Gasteiger partial charge in [-0.05, 0) is 6.92 Å². The average molecular weight is 197 g/mol. The number of carbonyl (C=O) groups is 1. The topological polar surface area (TPSA) is 38.3 Å². The van der Waals surface area contributed by atoms with Crippen molar-refractivity contribution in [2.24, 2.45) is 0 Å². The number of allylic oxidation sites excluding steroid dienone is 1. The molecule has 1 N–H and O–H groups in total. The molecule has 0 rings (SSSR count). The summed E-state index contributed by atoms with van der Waals surface area (Å²) in [7, 11) is 1.37. The third-order valence-corrected chi connectivity index (χ3v) is 1.09. The van der Waals surface area contributed by atoms with E-state index in [2.05, 4.69) is 10.1 Å². The highest BCUT2D eigenvalue weighted by atomic mass is 19.4. The zero-order valence-corrected chi connectivity index (χ0v) is 7.23. The number of hydrogen-bond donors (Lipinski definition) is 1. The molecule has 0 spiro atoms. The molecule has 0 aromatic rings. The molecule has 0 unspecified atom stereocenters. The third-order valence-electron chi connectivity index (χ3n) is 1.09. The lowest BCUT2D eigenvalue weighted by Crippen LogP contribution is -2.23. The highest BCUT2D eigenvalue weighted by molar-refractivity contribution is 5.94. The Balaban J connectivity index is 4.42. The second-order valence-electron chi connectivity index (χ2n) is 2.05. The van der Waals surface area contributed by atoms with E-state index in [1.54, 1.807) is 6.92 Å². The Hall–Kier alpha value is -1.20. The molecule has 0 aliphatic carbocycles. The predicted octanol–water partition coefficient (Wildman–Crippen LogP) is 1.22. The highest BCUT2D eigenvalue weighted by Crippen LogP contribution is 2.17. The highest BCUT2D eigenvalue weighted by Gasteiger charge is 2.37. The van der Waals surface area contributed by atoms with Crippen LogP contribution in [0.3, 0.4) is 0 Å². The van der Waals surface area contributed by atoms with Crippen LogP contribution in [0.15, 0.2) is 12.0 Å². The van der Waals surface area contributed by atoms with Crippen molar-refractivity contribution in [3.63, 3.8) is 0 Å². The van der Waals surface area contributed by atoms with Gasteiger partial charge in [0.15, 0.2) is 5.88 Å². The van der Waals surface area contributed by atoms with E-state index in [0.717, 1.165) is 0 Å². The number of alkyl halides is 3. The molecule has 0 radical (unpaired) electrons. The molecule has 0 amide bonds. The van der Waals surface area contributed by atoms with E-state index >= 15 is 0 Å². The lowest BCUT2D eigenvalue weighted by Gasteiger charge is -2.07. The Morgan fingerprint density at radius 1 is 1.54 bits per heavy atom. The maximum absolute atomic E-state index is 11.7. The first-order valence-corrected chi connectivity index (χ1v) is 3.55. The molecule has 0 bridgehead atoms. The van der Waals surface area contributed by atoms with Gasteiger partial charge in [-0.1, -0.05) is 0 Å². The van der Waals surface area contributed by atoms with Gasteiger partial charge < -0.3 is 10.1 Å². The number of halogens is 3. The summed E-state index contributed by atoms with van der Waals surface area (Å²) in [6, 6.07) is 0. The molecular weight excluding hydrogens is 187 g/mol. The monoisotopic (exact) mass is 197 g/mol. The SMILES string of the molecule is CCOC(=CC(=O)C(F)(F)F)NC. The van der Waals surface area contributed by atoms with Crippen LogP contribution in [0.1, 0.15) is 6.92 Å². The molecule has 6 heteroatoms. The Kier molecular flexibility index (Phi) is 4.30. The van der Waals surface area contributed by atoms with E-state index in [9.17, 15) is 18.0 Å². The molecule has 0 fully saturated rings. The van der Waals surface area contributed by atoms with Gasteiger partial charge in [0, 0.05) is 7.05 Å². The summed E-state index contributed by atoms with van der Waals surface area (Å²) in [5, 5.41) is 2.32. The van der Waals surface area contributed by atoms with Crippen LogP contribution in [-0.4, -0.2) is 25.6 Å². The number of rotatable bonds is 4. The summed E-state index contributed by atoms with van der Waals surface area (Å²) in [5.41, 5.74) is 0. The average Bonchev–Trinajstić information content (AvgIpc) is 2.01. The smallest absolute Gasteiger partial charge is 0.454 e. The molecule has 0 aliphatic rings. The van der Waals surface area contributed by atoms with Crippen LogP contribution in [0.25, 0.3) is 0 Å². The Bertz CT molecular complexity index is 210. The van der Waals surface area contributed by atoms with E-state index in [1.807, 2.05) is 0 Å². The number of hydrogen-bond acceptors (Lipinski definition) is 3. The van der Waals surface area contributed by atoms with Gasteiger partial charge in [0.25, 0.3) is 5.78 Å². The molecule has 0 aliphatic heterocycles. The second-order valence-corrected chi connectivity index (χ2v) is 2.05. The van der Waals surface area contributed by atoms with E-state index in [4.69, 9.17) is 0 Å². The molecule has 0 saturated heterocycles. The lowest BCUT2D eigenvalue weighted by atomic mass is 10.3. The summed E-state index contributed by atoms with van der Waals surface area (Å²) in [4.78, 5) is 10.4. The van der Waals surface area contributed by atoms with Crippen molar-refractivity contribution in [1.82, 2.24) is 5.32 Å². The van der Waals surface area contributed by atoms with E-state index < -0.39 is 12.0 Å². The number of carbonyl (C=O) groups excluding carboxylic acids is 1. The third kappa shape index (κ3) is 4.39. The fraction of sp³-hybridized carbons (Fsp3) is 0.571. The van der Waals surface area contributed by atoms with Gasteiger partial charge in [-0.3, -0.25) is 4.79 Å². The van der Waals surface area contributed by atoms with Crippen molar-refractivity contribution in [2.45, 2.75) is 13.1 Å². The first-order valence-electron chi connectivity index (χ1n) is 3.55. The van der Waals surface area contributed by atoms with Crippen LogP contribution in [0.4, 0.5) is 13.2 Å². The first kappa shape index (κ1) is 11.8. The Morgan fingerprint density at radius 3 is 2.38 bits per heavy atom. The van der Waals surface area contributed by atoms with Crippen molar-refractivity contribution in [3.05, 3.63) is 12.0 Å². The van der Waals surface area contributed by atoms with Crippen LogP contribution in [0, 0.1) is 0 Å². The number of ether oxygens (including phenoxy) is 1. The summed E-state index contributed by atoms with van der Waals surface area (Å²) >= 11 is 0. The summed E-state index contributed by atoms with van der Waals surface area (Å²) in [5.74, 6) is -2.13.